The summed E-state index contributed by atoms with van der Waals surface area (Å²) in [6.45, 7) is 7.24. The van der Waals surface area contributed by atoms with Crippen LogP contribution in [0.4, 0.5) is 0 Å². The molecule has 0 aromatic rings. The van der Waals surface area contributed by atoms with Gasteiger partial charge in [-0.05, 0) is 62.2 Å². The second-order valence-corrected chi connectivity index (χ2v) is 7.94. The number of hydrogen-bond donors (Lipinski definition) is 0. The molecular weight excluding hydrogens is 272 g/mol. The van der Waals surface area contributed by atoms with Crippen molar-refractivity contribution in [3.63, 3.8) is 0 Å². The van der Waals surface area contributed by atoms with E-state index in [4.69, 9.17) is 4.74 Å². The number of esters is 1. The Hall–Kier alpha value is -0.530. The standard InChI is InChI=1S/C20H36O2/c1-4-15(3)14-22-20(21)19-12-10-18(11-13-19)17-8-6-16(5-2)7-9-17/h15-19H,4-14H2,1-3H3/t15-,16?,17?,18?,19?/m1/s1. The van der Waals surface area contributed by atoms with E-state index >= 15 is 0 Å². The summed E-state index contributed by atoms with van der Waals surface area (Å²) in [6, 6.07) is 0. The molecule has 22 heavy (non-hydrogen) atoms. The Morgan fingerprint density at radius 1 is 0.955 bits per heavy atom. The van der Waals surface area contributed by atoms with E-state index in [2.05, 4.69) is 20.8 Å². The summed E-state index contributed by atoms with van der Waals surface area (Å²) >= 11 is 0. The summed E-state index contributed by atoms with van der Waals surface area (Å²) in [5.74, 6) is 3.58. The van der Waals surface area contributed by atoms with E-state index in [1.54, 1.807) is 0 Å². The van der Waals surface area contributed by atoms with Crippen molar-refractivity contribution in [2.24, 2.45) is 29.6 Å². The van der Waals surface area contributed by atoms with Crippen molar-refractivity contribution in [3.05, 3.63) is 0 Å². The van der Waals surface area contributed by atoms with Gasteiger partial charge in [0.05, 0.1) is 12.5 Å². The van der Waals surface area contributed by atoms with E-state index in [1.807, 2.05) is 0 Å². The predicted octanol–water partition coefficient (Wildman–Crippen LogP) is 5.60. The van der Waals surface area contributed by atoms with Crippen molar-refractivity contribution in [2.45, 2.75) is 85.0 Å². The van der Waals surface area contributed by atoms with Crippen LogP contribution in [0.1, 0.15) is 85.0 Å². The molecule has 2 fully saturated rings. The Kier molecular flexibility index (Phi) is 7.24. The molecule has 2 aliphatic rings. The zero-order chi connectivity index (χ0) is 15.9. The number of carbonyl (C=O) groups is 1. The SMILES string of the molecule is CCC1CCC(C2CCC(C(=O)OC[C@H](C)CC)CC2)CC1. The molecule has 2 nitrogen and oxygen atoms in total. The van der Waals surface area contributed by atoms with Crippen LogP contribution in [-0.4, -0.2) is 12.6 Å². The quantitative estimate of drug-likeness (QED) is 0.597. The minimum Gasteiger partial charge on any atom is -0.465 e. The lowest BCUT2D eigenvalue weighted by molar-refractivity contribution is -0.151. The third-order valence-corrected chi connectivity index (χ3v) is 6.45. The van der Waals surface area contributed by atoms with Crippen LogP contribution in [0, 0.1) is 29.6 Å². The second kappa shape index (κ2) is 8.93. The fourth-order valence-corrected chi connectivity index (χ4v) is 4.35. The summed E-state index contributed by atoms with van der Waals surface area (Å²) in [5, 5.41) is 0. The Morgan fingerprint density at radius 3 is 2.00 bits per heavy atom. The maximum absolute atomic E-state index is 12.2. The molecule has 0 aromatic carbocycles. The van der Waals surface area contributed by atoms with Gasteiger partial charge < -0.3 is 4.74 Å². The fourth-order valence-electron chi connectivity index (χ4n) is 4.35. The lowest BCUT2D eigenvalue weighted by Gasteiger charge is -2.37. The van der Waals surface area contributed by atoms with Gasteiger partial charge in [0.2, 0.25) is 0 Å². The van der Waals surface area contributed by atoms with Crippen LogP contribution in [0.15, 0.2) is 0 Å². The topological polar surface area (TPSA) is 26.3 Å². The fraction of sp³-hybridized carbons (Fsp3) is 0.950. The average Bonchev–Trinajstić information content (AvgIpc) is 2.59. The van der Waals surface area contributed by atoms with Gasteiger partial charge in [0.1, 0.15) is 0 Å². The minimum absolute atomic E-state index is 0.0773. The molecule has 2 heteroatoms. The van der Waals surface area contributed by atoms with Crippen molar-refractivity contribution in [1.29, 1.82) is 0 Å². The van der Waals surface area contributed by atoms with Gasteiger partial charge in [-0.1, -0.05) is 46.5 Å². The molecule has 0 unspecified atom stereocenters. The van der Waals surface area contributed by atoms with Gasteiger partial charge in [0.15, 0.2) is 0 Å². The Balaban J connectivity index is 1.68. The van der Waals surface area contributed by atoms with Crippen molar-refractivity contribution >= 4 is 5.97 Å². The Bertz CT molecular complexity index is 323. The van der Waals surface area contributed by atoms with Crippen LogP contribution in [0.3, 0.4) is 0 Å². The summed E-state index contributed by atoms with van der Waals surface area (Å²) in [7, 11) is 0. The summed E-state index contributed by atoms with van der Waals surface area (Å²) < 4.78 is 5.50. The van der Waals surface area contributed by atoms with Crippen LogP contribution >= 0.6 is 0 Å². The highest BCUT2D eigenvalue weighted by molar-refractivity contribution is 5.72. The molecular formula is C20H36O2. The summed E-state index contributed by atoms with van der Waals surface area (Å²) in [6.07, 6.45) is 12.8. The van der Waals surface area contributed by atoms with Crippen LogP contribution in [0.5, 0.6) is 0 Å². The Morgan fingerprint density at radius 2 is 1.50 bits per heavy atom. The van der Waals surface area contributed by atoms with Crippen molar-refractivity contribution in [1.82, 2.24) is 0 Å². The largest absolute Gasteiger partial charge is 0.465 e. The highest BCUT2D eigenvalue weighted by atomic mass is 16.5. The highest BCUT2D eigenvalue weighted by Crippen LogP contribution is 2.42. The lowest BCUT2D eigenvalue weighted by Crippen LogP contribution is -2.29. The number of hydrogen-bond acceptors (Lipinski definition) is 2. The van der Waals surface area contributed by atoms with Crippen LogP contribution < -0.4 is 0 Å². The van der Waals surface area contributed by atoms with E-state index in [-0.39, 0.29) is 11.9 Å². The van der Waals surface area contributed by atoms with E-state index in [0.29, 0.717) is 12.5 Å². The van der Waals surface area contributed by atoms with E-state index in [1.165, 1.54) is 44.9 Å². The van der Waals surface area contributed by atoms with Crippen LogP contribution in [0.25, 0.3) is 0 Å². The molecule has 0 spiro atoms. The van der Waals surface area contributed by atoms with Gasteiger partial charge in [-0.15, -0.1) is 0 Å². The van der Waals surface area contributed by atoms with Crippen LogP contribution in [0.2, 0.25) is 0 Å². The molecule has 0 aliphatic heterocycles. The average molecular weight is 309 g/mol. The molecule has 0 radical (unpaired) electrons. The zero-order valence-electron chi connectivity index (χ0n) is 15.0. The molecule has 0 aromatic heterocycles. The second-order valence-electron chi connectivity index (χ2n) is 7.94. The molecule has 0 N–H and O–H groups in total. The van der Waals surface area contributed by atoms with Gasteiger partial charge >= 0.3 is 5.97 Å². The Labute approximate surface area is 137 Å². The van der Waals surface area contributed by atoms with Gasteiger partial charge in [-0.3, -0.25) is 4.79 Å². The number of ether oxygens (including phenoxy) is 1. The highest BCUT2D eigenvalue weighted by Gasteiger charge is 2.33. The minimum atomic E-state index is 0.0773. The first-order valence-corrected chi connectivity index (χ1v) is 9.80. The van der Waals surface area contributed by atoms with Gasteiger partial charge in [0.25, 0.3) is 0 Å². The molecule has 0 amide bonds. The first-order valence-electron chi connectivity index (χ1n) is 9.80. The normalized spacial score (nSPS) is 34.1. The number of rotatable bonds is 6. The molecule has 0 saturated heterocycles. The predicted molar refractivity (Wildman–Crippen MR) is 91.6 cm³/mol. The molecule has 2 saturated carbocycles. The molecule has 1 atom stereocenters. The zero-order valence-corrected chi connectivity index (χ0v) is 15.0. The molecule has 2 aliphatic carbocycles. The molecule has 0 bridgehead atoms. The van der Waals surface area contributed by atoms with E-state index in [9.17, 15) is 4.79 Å². The molecule has 0 heterocycles. The smallest absolute Gasteiger partial charge is 0.308 e. The van der Waals surface area contributed by atoms with Crippen molar-refractivity contribution in [2.75, 3.05) is 6.61 Å². The van der Waals surface area contributed by atoms with Gasteiger partial charge in [-0.25, -0.2) is 0 Å². The summed E-state index contributed by atoms with van der Waals surface area (Å²) in [4.78, 5) is 12.2. The van der Waals surface area contributed by atoms with Crippen LogP contribution in [-0.2, 0) is 9.53 Å². The van der Waals surface area contributed by atoms with Gasteiger partial charge in [-0.2, -0.15) is 0 Å². The lowest BCUT2D eigenvalue weighted by atomic mass is 9.69. The first kappa shape index (κ1) is 17.8. The van der Waals surface area contributed by atoms with Crippen molar-refractivity contribution < 1.29 is 9.53 Å². The van der Waals surface area contributed by atoms with E-state index in [0.717, 1.165) is 37.0 Å². The molecule has 128 valence electrons. The van der Waals surface area contributed by atoms with Crippen molar-refractivity contribution in [3.8, 4) is 0 Å². The maximum atomic E-state index is 12.2. The molecule has 2 rings (SSSR count). The summed E-state index contributed by atoms with van der Waals surface area (Å²) in [5.41, 5.74) is 0. The monoisotopic (exact) mass is 308 g/mol. The van der Waals surface area contributed by atoms with Gasteiger partial charge in [0, 0.05) is 0 Å². The van der Waals surface area contributed by atoms with E-state index < -0.39 is 0 Å². The maximum Gasteiger partial charge on any atom is 0.308 e. The number of carbonyl (C=O) groups excluding carboxylic acids is 1. The first-order chi connectivity index (χ1) is 10.6. The third kappa shape index (κ3) is 4.99. The third-order valence-electron chi connectivity index (χ3n) is 6.45.